The highest BCUT2D eigenvalue weighted by molar-refractivity contribution is 6.32. The van der Waals surface area contributed by atoms with Crippen LogP contribution in [0.4, 0.5) is 4.39 Å². The van der Waals surface area contributed by atoms with Gasteiger partial charge in [0.15, 0.2) is 0 Å². The van der Waals surface area contributed by atoms with Gasteiger partial charge < -0.3 is 15.5 Å². The first-order valence-corrected chi connectivity index (χ1v) is 5.95. The highest BCUT2D eigenvalue weighted by Crippen LogP contribution is 2.20. The minimum absolute atomic E-state index is 0.106. The summed E-state index contributed by atoms with van der Waals surface area (Å²) >= 11 is 5.80. The van der Waals surface area contributed by atoms with Crippen molar-refractivity contribution >= 4 is 23.6 Å². The number of halogens is 2. The van der Waals surface area contributed by atoms with E-state index in [1.807, 2.05) is 0 Å². The largest absolute Gasteiger partial charge is 0.394 e. The van der Waals surface area contributed by atoms with E-state index in [9.17, 15) is 9.18 Å². The lowest BCUT2D eigenvalue weighted by molar-refractivity contribution is -0.119. The zero-order valence-electron chi connectivity index (χ0n) is 10.4. The van der Waals surface area contributed by atoms with Crippen molar-refractivity contribution in [1.29, 1.82) is 0 Å². The number of aliphatic hydroxyl groups is 2. The quantitative estimate of drug-likeness (QED) is 0.716. The van der Waals surface area contributed by atoms with Gasteiger partial charge in [-0.2, -0.15) is 0 Å². The highest BCUT2D eigenvalue weighted by atomic mass is 35.5. The molecule has 0 spiro atoms. The minimum atomic E-state index is -1.12. The molecule has 0 atom stereocenters. The molecule has 0 unspecified atom stereocenters. The summed E-state index contributed by atoms with van der Waals surface area (Å²) in [6.45, 7) is 0.655. The zero-order chi connectivity index (χ0) is 14.5. The molecule has 1 aromatic carbocycles. The van der Waals surface area contributed by atoms with Crippen molar-refractivity contribution in [1.82, 2.24) is 5.32 Å². The van der Waals surface area contributed by atoms with E-state index in [0.29, 0.717) is 0 Å². The van der Waals surface area contributed by atoms with Gasteiger partial charge in [0, 0.05) is 11.6 Å². The molecule has 3 N–H and O–H groups in total. The molecule has 0 saturated heterocycles. The van der Waals surface area contributed by atoms with Crippen molar-refractivity contribution in [3.8, 4) is 0 Å². The summed E-state index contributed by atoms with van der Waals surface area (Å²) in [5, 5.41) is 20.7. The summed E-state index contributed by atoms with van der Waals surface area (Å²) in [6.07, 6.45) is 2.33. The molecule has 0 aliphatic rings. The summed E-state index contributed by atoms with van der Waals surface area (Å²) < 4.78 is 13.4. The van der Waals surface area contributed by atoms with E-state index in [4.69, 9.17) is 21.8 Å². The summed E-state index contributed by atoms with van der Waals surface area (Å²) in [4.78, 5) is 11.6. The molecule has 104 valence electrons. The van der Waals surface area contributed by atoms with Crippen molar-refractivity contribution in [2.45, 2.75) is 12.5 Å². The van der Waals surface area contributed by atoms with Crippen molar-refractivity contribution in [3.05, 3.63) is 40.7 Å². The van der Waals surface area contributed by atoms with Crippen LogP contribution < -0.4 is 5.32 Å². The fourth-order valence-corrected chi connectivity index (χ4v) is 1.52. The van der Waals surface area contributed by atoms with Gasteiger partial charge in [-0.25, -0.2) is 4.39 Å². The smallest absolute Gasteiger partial charge is 0.244 e. The van der Waals surface area contributed by atoms with E-state index in [1.54, 1.807) is 0 Å². The van der Waals surface area contributed by atoms with Crippen LogP contribution in [0.3, 0.4) is 0 Å². The number of nitrogens with one attached hydrogen (secondary N) is 1. The lowest BCUT2D eigenvalue weighted by Crippen LogP contribution is -2.51. The maximum absolute atomic E-state index is 13.4. The SMILES string of the molecule is CC(CO)(CO)NC(=O)/C=C/c1c(F)cccc1Cl. The number of hydrogen-bond acceptors (Lipinski definition) is 3. The number of amides is 1. The molecule has 1 amide bonds. The number of benzene rings is 1. The van der Waals surface area contributed by atoms with Gasteiger partial charge in [-0.05, 0) is 25.1 Å². The molecular weight excluding hydrogens is 273 g/mol. The summed E-state index contributed by atoms with van der Waals surface area (Å²) in [5.74, 6) is -1.10. The predicted octanol–water partition coefficient (Wildman–Crippen LogP) is 1.35. The normalized spacial score (nSPS) is 11.8. The van der Waals surface area contributed by atoms with Crippen LogP contribution >= 0.6 is 11.6 Å². The topological polar surface area (TPSA) is 69.6 Å². The Kier molecular flexibility index (Phi) is 5.47. The molecule has 0 saturated carbocycles. The third-order valence-corrected chi connectivity index (χ3v) is 2.85. The first-order valence-electron chi connectivity index (χ1n) is 5.58. The lowest BCUT2D eigenvalue weighted by Gasteiger charge is -2.25. The Morgan fingerprint density at radius 3 is 2.63 bits per heavy atom. The molecule has 6 heteroatoms. The average molecular weight is 288 g/mol. The van der Waals surface area contributed by atoms with E-state index in [1.165, 1.54) is 31.2 Å². The monoisotopic (exact) mass is 287 g/mol. The second kappa shape index (κ2) is 6.65. The van der Waals surface area contributed by atoms with Gasteiger partial charge in [-0.3, -0.25) is 4.79 Å². The second-order valence-electron chi connectivity index (χ2n) is 4.33. The number of carbonyl (C=O) groups is 1. The lowest BCUT2D eigenvalue weighted by atomic mass is 10.1. The van der Waals surface area contributed by atoms with Crippen LogP contribution in [-0.4, -0.2) is 34.9 Å². The maximum atomic E-state index is 13.4. The van der Waals surface area contributed by atoms with Gasteiger partial charge >= 0.3 is 0 Å². The van der Waals surface area contributed by atoms with E-state index < -0.39 is 30.5 Å². The Morgan fingerprint density at radius 2 is 2.11 bits per heavy atom. The molecule has 0 aliphatic carbocycles. The average Bonchev–Trinajstić information content (AvgIpc) is 2.38. The van der Waals surface area contributed by atoms with E-state index in [2.05, 4.69) is 5.32 Å². The molecular formula is C13H15ClFNO3. The second-order valence-corrected chi connectivity index (χ2v) is 4.74. The van der Waals surface area contributed by atoms with E-state index >= 15 is 0 Å². The summed E-state index contributed by atoms with van der Waals surface area (Å²) in [7, 11) is 0. The Bertz CT molecular complexity index is 467. The molecule has 1 aromatic rings. The molecule has 0 aromatic heterocycles. The van der Waals surface area contributed by atoms with Crippen molar-refractivity contribution in [2.75, 3.05) is 13.2 Å². The van der Waals surface area contributed by atoms with Gasteiger partial charge in [0.05, 0.1) is 23.8 Å². The van der Waals surface area contributed by atoms with Crippen LogP contribution in [0, 0.1) is 5.82 Å². The highest BCUT2D eigenvalue weighted by Gasteiger charge is 2.23. The van der Waals surface area contributed by atoms with Crippen molar-refractivity contribution in [2.24, 2.45) is 0 Å². The van der Waals surface area contributed by atoms with Gasteiger partial charge in [-0.1, -0.05) is 17.7 Å². The predicted molar refractivity (Wildman–Crippen MR) is 71.2 cm³/mol. The number of carbonyl (C=O) groups excluding carboxylic acids is 1. The fraction of sp³-hybridized carbons (Fsp3) is 0.308. The van der Waals surface area contributed by atoms with Crippen LogP contribution in [0.2, 0.25) is 5.02 Å². The van der Waals surface area contributed by atoms with Crippen molar-refractivity contribution in [3.63, 3.8) is 0 Å². The Morgan fingerprint density at radius 1 is 1.47 bits per heavy atom. The Balaban J connectivity index is 2.80. The first-order chi connectivity index (χ1) is 8.91. The summed E-state index contributed by atoms with van der Waals surface area (Å²) in [5.41, 5.74) is -1.02. The standard InChI is InChI=1S/C13H15ClFNO3/c1-13(7-17,8-18)16-12(19)6-5-9-10(14)3-2-4-11(9)15/h2-6,17-18H,7-8H2,1H3,(H,16,19)/b6-5+. The van der Waals surface area contributed by atoms with Crippen LogP contribution in [-0.2, 0) is 4.79 Å². The molecule has 19 heavy (non-hydrogen) atoms. The van der Waals surface area contributed by atoms with Crippen LogP contribution in [0.1, 0.15) is 12.5 Å². The fourth-order valence-electron chi connectivity index (χ4n) is 1.30. The van der Waals surface area contributed by atoms with Crippen LogP contribution in [0.5, 0.6) is 0 Å². The molecule has 0 bridgehead atoms. The van der Waals surface area contributed by atoms with E-state index in [0.717, 1.165) is 6.08 Å². The molecule has 0 radical (unpaired) electrons. The van der Waals surface area contributed by atoms with Crippen LogP contribution in [0.25, 0.3) is 6.08 Å². The van der Waals surface area contributed by atoms with Gasteiger partial charge in [0.2, 0.25) is 5.91 Å². The van der Waals surface area contributed by atoms with Crippen molar-refractivity contribution < 1.29 is 19.4 Å². The van der Waals surface area contributed by atoms with Gasteiger partial charge in [0.1, 0.15) is 5.82 Å². The number of aliphatic hydroxyl groups excluding tert-OH is 2. The van der Waals surface area contributed by atoms with Gasteiger partial charge in [-0.15, -0.1) is 0 Å². The van der Waals surface area contributed by atoms with Crippen LogP contribution in [0.15, 0.2) is 24.3 Å². The number of rotatable bonds is 5. The third kappa shape index (κ3) is 4.31. The number of hydrogen-bond donors (Lipinski definition) is 3. The van der Waals surface area contributed by atoms with E-state index in [-0.39, 0.29) is 10.6 Å². The summed E-state index contributed by atoms with van der Waals surface area (Å²) in [6, 6.07) is 4.20. The molecule has 0 aliphatic heterocycles. The Hall–Kier alpha value is -1.43. The molecule has 1 rings (SSSR count). The Labute approximate surface area is 115 Å². The first kappa shape index (κ1) is 15.6. The zero-order valence-corrected chi connectivity index (χ0v) is 11.1. The third-order valence-electron chi connectivity index (χ3n) is 2.52. The molecule has 4 nitrogen and oxygen atoms in total. The molecule has 0 heterocycles. The minimum Gasteiger partial charge on any atom is -0.394 e. The van der Waals surface area contributed by atoms with Gasteiger partial charge in [0.25, 0.3) is 0 Å². The molecule has 0 fully saturated rings. The maximum Gasteiger partial charge on any atom is 0.244 e.